The van der Waals surface area contributed by atoms with Crippen LogP contribution in [0.3, 0.4) is 0 Å². The minimum Gasteiger partial charge on any atom is -0.433 e. The normalized spacial score (nSPS) is 11.3. The third kappa shape index (κ3) is 13.2. The van der Waals surface area contributed by atoms with Gasteiger partial charge >= 0.3 is 13.2 Å². The smallest absolute Gasteiger partial charge is 0.387 e. The number of benzene rings is 4. The van der Waals surface area contributed by atoms with E-state index in [0.29, 0.717) is 54.0 Å². The lowest BCUT2D eigenvalue weighted by atomic mass is 10.1. The highest BCUT2D eigenvalue weighted by molar-refractivity contribution is 6.03. The molecule has 0 saturated heterocycles. The zero-order chi connectivity index (χ0) is 56.5. The highest BCUT2D eigenvalue weighted by Gasteiger charge is 2.31. The number of halogens is 4. The molecule has 0 unspecified atom stereocenters. The van der Waals surface area contributed by atoms with Crippen LogP contribution in [0, 0.1) is 20.2 Å². The first-order valence-corrected chi connectivity index (χ1v) is 23.8. The number of para-hydroxylation sites is 2. The van der Waals surface area contributed by atoms with E-state index in [2.05, 4.69) is 30.2 Å². The van der Waals surface area contributed by atoms with Gasteiger partial charge in [0.2, 0.25) is 23.7 Å². The van der Waals surface area contributed by atoms with Crippen LogP contribution in [0.1, 0.15) is 18.6 Å². The average molecular weight is 1080 g/mol. The number of anilines is 6. The van der Waals surface area contributed by atoms with Crippen LogP contribution in [0.2, 0.25) is 0 Å². The number of nitrogens with one attached hydrogen (secondary N) is 2. The molecule has 2 N–H and O–H groups in total. The van der Waals surface area contributed by atoms with Crippen molar-refractivity contribution in [2.75, 3.05) is 88.5 Å². The Labute approximate surface area is 443 Å². The molecule has 0 fully saturated rings. The minimum absolute atomic E-state index is 0.0245. The number of aromatic amines is 1. The fraction of sp³-hybridized carbons (Fsp3) is 0.269. The van der Waals surface area contributed by atoms with Crippen molar-refractivity contribution in [1.29, 1.82) is 0 Å². The van der Waals surface area contributed by atoms with E-state index >= 15 is 0 Å². The van der Waals surface area contributed by atoms with Gasteiger partial charge < -0.3 is 39.4 Å². The molecule has 0 bridgehead atoms. The molecular weight excluding hydrogens is 1020 g/mol. The van der Waals surface area contributed by atoms with Gasteiger partial charge in [0, 0.05) is 131 Å². The van der Waals surface area contributed by atoms with Gasteiger partial charge in [-0.3, -0.25) is 34.4 Å². The number of H-pyrrole nitrogens is 1. The first-order valence-electron chi connectivity index (χ1n) is 23.8. The van der Waals surface area contributed by atoms with Gasteiger partial charge in [-0.1, -0.05) is 36.4 Å². The van der Waals surface area contributed by atoms with Crippen LogP contribution >= 0.6 is 0 Å². The van der Waals surface area contributed by atoms with Crippen molar-refractivity contribution in [2.24, 2.45) is 0 Å². The lowest BCUT2D eigenvalue weighted by Gasteiger charge is -2.25. The molecule has 0 spiro atoms. The fourth-order valence-corrected chi connectivity index (χ4v) is 8.25. The van der Waals surface area contributed by atoms with Gasteiger partial charge in [-0.05, 0) is 52.5 Å². The third-order valence-electron chi connectivity index (χ3n) is 12.0. The van der Waals surface area contributed by atoms with Crippen molar-refractivity contribution in [3.8, 4) is 34.0 Å². The predicted octanol–water partition coefficient (Wildman–Crippen LogP) is 9.83. The number of ether oxygens (including phenoxy) is 2. The van der Waals surface area contributed by atoms with Gasteiger partial charge in [-0.25, -0.2) is 24.8 Å². The zero-order valence-electron chi connectivity index (χ0n) is 43.5. The van der Waals surface area contributed by atoms with E-state index in [9.17, 15) is 47.4 Å². The molecule has 1 amide bonds. The van der Waals surface area contributed by atoms with E-state index in [1.165, 1.54) is 30.0 Å². The van der Waals surface area contributed by atoms with Crippen LogP contribution < -0.4 is 29.5 Å². The molecular formula is C52H54F4N14O8. The Kier molecular flexibility index (Phi) is 17.8. The SMILES string of the molecule is CC(=O)N(c1nccc(-c2cn(C(C)=O)c3ccccc23)n1)c1cc([N+](=O)[O-])c(N(C)CCN(C)C)cc1OC(F)F.CN(C)CCN(C)c1cc(OC(F)F)c(Nc2nccc(-c3c[nH]c4ccccc34)n2)cc1[N+](=O)[O-]. The molecule has 8 aromatic rings. The summed E-state index contributed by atoms with van der Waals surface area (Å²) >= 11 is 0. The quantitative estimate of drug-likeness (QED) is 0.0410. The third-order valence-corrected chi connectivity index (χ3v) is 12.0. The second-order valence-electron chi connectivity index (χ2n) is 18.1. The lowest BCUT2D eigenvalue weighted by Crippen LogP contribution is -2.29. The highest BCUT2D eigenvalue weighted by atomic mass is 19.3. The summed E-state index contributed by atoms with van der Waals surface area (Å²) in [5.41, 5.74) is 2.94. The maximum atomic E-state index is 13.6. The molecule has 0 aliphatic heterocycles. The zero-order valence-corrected chi connectivity index (χ0v) is 43.5. The molecule has 78 heavy (non-hydrogen) atoms. The predicted molar refractivity (Wildman–Crippen MR) is 288 cm³/mol. The van der Waals surface area contributed by atoms with Crippen molar-refractivity contribution in [3.05, 3.63) is 130 Å². The maximum absolute atomic E-state index is 13.6. The number of nitrogens with zero attached hydrogens (tertiary/aromatic N) is 12. The molecule has 4 aromatic carbocycles. The van der Waals surface area contributed by atoms with Crippen LogP contribution in [0.5, 0.6) is 11.5 Å². The van der Waals surface area contributed by atoms with Gasteiger partial charge in [0.25, 0.3) is 11.4 Å². The minimum atomic E-state index is -3.29. The first-order chi connectivity index (χ1) is 37.1. The van der Waals surface area contributed by atoms with Crippen LogP contribution in [-0.4, -0.2) is 143 Å². The number of alkyl halides is 4. The van der Waals surface area contributed by atoms with E-state index in [1.54, 1.807) is 66.5 Å². The molecule has 0 aliphatic carbocycles. The van der Waals surface area contributed by atoms with Gasteiger partial charge in [0.1, 0.15) is 17.1 Å². The van der Waals surface area contributed by atoms with Crippen molar-refractivity contribution in [1.82, 2.24) is 39.3 Å². The van der Waals surface area contributed by atoms with Crippen molar-refractivity contribution >= 4 is 79.6 Å². The molecule has 408 valence electrons. The van der Waals surface area contributed by atoms with Crippen molar-refractivity contribution in [3.63, 3.8) is 0 Å². The molecule has 0 radical (unpaired) electrons. The van der Waals surface area contributed by atoms with Gasteiger partial charge in [0.15, 0.2) is 11.5 Å². The van der Waals surface area contributed by atoms with Gasteiger partial charge in [0.05, 0.1) is 32.4 Å². The van der Waals surface area contributed by atoms with E-state index in [0.717, 1.165) is 46.5 Å². The monoisotopic (exact) mass is 1080 g/mol. The number of hydrogen-bond donors (Lipinski definition) is 2. The van der Waals surface area contributed by atoms with Crippen LogP contribution in [0.25, 0.3) is 44.3 Å². The Morgan fingerprint density at radius 1 is 0.679 bits per heavy atom. The number of aromatic nitrogens is 6. The molecule has 4 heterocycles. The molecule has 4 aromatic heterocycles. The molecule has 0 atom stereocenters. The lowest BCUT2D eigenvalue weighted by molar-refractivity contribution is -0.384. The second kappa shape index (κ2) is 24.6. The number of nitro groups is 2. The molecule has 26 heteroatoms. The number of amides is 1. The Morgan fingerprint density at radius 3 is 1.82 bits per heavy atom. The van der Waals surface area contributed by atoms with E-state index in [-0.39, 0.29) is 52.0 Å². The fourth-order valence-electron chi connectivity index (χ4n) is 8.25. The summed E-state index contributed by atoms with van der Waals surface area (Å²) in [6.07, 6.45) is 6.29. The summed E-state index contributed by atoms with van der Waals surface area (Å²) in [5.74, 6) is -1.83. The Hall–Kier alpha value is -9.30. The highest BCUT2D eigenvalue weighted by Crippen LogP contribution is 2.44. The summed E-state index contributed by atoms with van der Waals surface area (Å²) in [5, 5.41) is 28.4. The molecule has 0 aliphatic rings. The number of carbonyl (C=O) groups excluding carboxylic acids is 2. The maximum Gasteiger partial charge on any atom is 0.387 e. The van der Waals surface area contributed by atoms with Crippen LogP contribution in [0.15, 0.2) is 110 Å². The average Bonchev–Trinajstić information content (AvgIpc) is 4.08. The van der Waals surface area contributed by atoms with E-state index in [1.807, 2.05) is 68.5 Å². The summed E-state index contributed by atoms with van der Waals surface area (Å²) in [6, 6.07) is 22.6. The summed E-state index contributed by atoms with van der Waals surface area (Å²) in [7, 11) is 10.6. The van der Waals surface area contributed by atoms with E-state index in [4.69, 9.17) is 9.47 Å². The topological polar surface area (TPSA) is 239 Å². The van der Waals surface area contributed by atoms with Gasteiger partial charge in [-0.15, -0.1) is 0 Å². The Bertz CT molecular complexity index is 3480. The largest absolute Gasteiger partial charge is 0.433 e. The summed E-state index contributed by atoms with van der Waals surface area (Å²) in [6.45, 7) is -1.95. The van der Waals surface area contributed by atoms with Crippen LogP contribution in [-0.2, 0) is 4.79 Å². The summed E-state index contributed by atoms with van der Waals surface area (Å²) < 4.78 is 64.6. The number of likely N-dealkylation sites (N-methyl/N-ethyl adjacent to an activating group) is 4. The Balaban J connectivity index is 0.000000229. The van der Waals surface area contributed by atoms with Crippen LogP contribution in [0.4, 0.5) is 63.6 Å². The first kappa shape index (κ1) is 56.4. The summed E-state index contributed by atoms with van der Waals surface area (Å²) in [4.78, 5) is 76.3. The molecule has 8 rings (SSSR count). The molecule has 0 saturated carbocycles. The number of hydrogen-bond acceptors (Lipinski definition) is 17. The van der Waals surface area contributed by atoms with Crippen molar-refractivity contribution < 1.29 is 46.5 Å². The van der Waals surface area contributed by atoms with Crippen molar-refractivity contribution in [2.45, 2.75) is 27.1 Å². The van der Waals surface area contributed by atoms with E-state index < -0.39 is 40.4 Å². The number of nitro benzene ring substituents is 2. The Morgan fingerprint density at radius 2 is 1.23 bits per heavy atom. The molecule has 22 nitrogen and oxygen atoms in total. The number of rotatable bonds is 20. The van der Waals surface area contributed by atoms with Gasteiger partial charge in [-0.2, -0.15) is 17.6 Å². The second-order valence-corrected chi connectivity index (χ2v) is 18.1. The number of fused-ring (bicyclic) bond motifs is 2. The number of carbonyl (C=O) groups is 2. The standard InChI is InChI=1S/C28H29F2N7O5.C24H25F2N7O3/c1-17(38)35-16-20(19-8-6-7-9-22(19)35)21-10-11-31-28(32-21)36(18(2)39)25-14-24(37(40)41)23(15-26(25)42-27(29)30)34(5)13-12-33(3)4;1-31(2)10-11-32(3)20-13-22(36-23(25)26)19(12-21(20)33(34)35)30-24-27-9-8-18(29-24)16-14-28-17-7-5-4-6-15(16)17/h6-11,14-16,27H,12-13H2,1-5H3;4-9,12-14,23,28H,10-11H2,1-3H3,(H,27,29,30).